The Kier molecular flexibility index (Phi) is 4.90. The minimum Gasteiger partial charge on any atom is -0.424 e. The highest BCUT2D eigenvalue weighted by molar-refractivity contribution is 9.08. The van der Waals surface area contributed by atoms with E-state index in [1.807, 2.05) is 48.5 Å². The molecule has 0 radical (unpaired) electrons. The Balaban J connectivity index is 2.20. The summed E-state index contributed by atoms with van der Waals surface area (Å²) in [6, 6.07) is 22.4. The summed E-state index contributed by atoms with van der Waals surface area (Å²) in [6.07, 6.45) is 0. The molecule has 2 nitrogen and oxygen atoms in total. The number of carbonyl (C=O) groups excluding carboxylic acids is 1. The van der Waals surface area contributed by atoms with Crippen LogP contribution in [0.25, 0.3) is 32.7 Å². The van der Waals surface area contributed by atoms with E-state index in [0.29, 0.717) is 16.1 Å². The molecule has 4 aromatic rings. The number of fused-ring (bicyclic) bond motifs is 2. The third kappa shape index (κ3) is 3.11. The molecule has 4 aromatic carbocycles. The molecule has 4 heteroatoms. The zero-order chi connectivity index (χ0) is 19.0. The zero-order valence-electron chi connectivity index (χ0n) is 14.6. The predicted molar refractivity (Wildman–Crippen MR) is 116 cm³/mol. The highest BCUT2D eigenvalue weighted by atomic mass is 79.9. The van der Waals surface area contributed by atoms with Crippen molar-refractivity contribution in [1.82, 2.24) is 0 Å². The third-order valence-electron chi connectivity index (χ3n) is 4.65. The van der Waals surface area contributed by atoms with E-state index in [2.05, 4.69) is 34.1 Å². The SMILES string of the molecule is CC(=O)Oc1c(Cl)c(CBr)c2ccccc2c1-c1cccc2ccccc12. The average Bonchev–Trinajstić information content (AvgIpc) is 2.68. The van der Waals surface area contributed by atoms with Gasteiger partial charge in [-0.3, -0.25) is 4.79 Å². The van der Waals surface area contributed by atoms with Gasteiger partial charge in [0.15, 0.2) is 5.75 Å². The number of benzene rings is 4. The first-order valence-electron chi connectivity index (χ1n) is 8.57. The van der Waals surface area contributed by atoms with Crippen LogP contribution < -0.4 is 4.74 Å². The van der Waals surface area contributed by atoms with Gasteiger partial charge in [-0.2, -0.15) is 0 Å². The Morgan fingerprint density at radius 3 is 2.26 bits per heavy atom. The molecular formula is C23H16BrClO2. The number of hydrogen-bond donors (Lipinski definition) is 0. The van der Waals surface area contributed by atoms with Crippen LogP contribution in [0.5, 0.6) is 5.75 Å². The fourth-order valence-corrected chi connectivity index (χ4v) is 4.58. The molecule has 0 saturated carbocycles. The molecule has 0 fully saturated rings. The van der Waals surface area contributed by atoms with E-state index in [9.17, 15) is 4.79 Å². The third-order valence-corrected chi connectivity index (χ3v) is 5.61. The molecule has 0 aromatic heterocycles. The van der Waals surface area contributed by atoms with Crippen molar-refractivity contribution in [2.24, 2.45) is 0 Å². The second kappa shape index (κ2) is 7.34. The Morgan fingerprint density at radius 1 is 0.926 bits per heavy atom. The lowest BCUT2D eigenvalue weighted by atomic mass is 9.91. The molecule has 0 aliphatic carbocycles. The van der Waals surface area contributed by atoms with E-state index in [1.165, 1.54) is 6.92 Å². The molecule has 0 amide bonds. The van der Waals surface area contributed by atoms with E-state index in [-0.39, 0.29) is 0 Å². The van der Waals surface area contributed by atoms with Gasteiger partial charge in [-0.1, -0.05) is 94.3 Å². The van der Waals surface area contributed by atoms with Gasteiger partial charge >= 0.3 is 5.97 Å². The summed E-state index contributed by atoms with van der Waals surface area (Å²) < 4.78 is 5.64. The first-order valence-corrected chi connectivity index (χ1v) is 10.1. The first-order chi connectivity index (χ1) is 13.1. The number of halogens is 2. The normalized spacial score (nSPS) is 11.1. The van der Waals surface area contributed by atoms with Crippen molar-refractivity contribution in [3.8, 4) is 16.9 Å². The highest BCUT2D eigenvalue weighted by Gasteiger charge is 2.22. The molecule has 0 N–H and O–H groups in total. The van der Waals surface area contributed by atoms with Gasteiger partial charge in [-0.05, 0) is 32.7 Å². The van der Waals surface area contributed by atoms with E-state index < -0.39 is 5.97 Å². The molecule has 0 aliphatic rings. The number of ether oxygens (including phenoxy) is 1. The van der Waals surface area contributed by atoms with Gasteiger partial charge in [0.1, 0.15) is 0 Å². The molecule has 27 heavy (non-hydrogen) atoms. The number of hydrogen-bond acceptors (Lipinski definition) is 2. The van der Waals surface area contributed by atoms with Crippen LogP contribution in [0.2, 0.25) is 5.02 Å². The van der Waals surface area contributed by atoms with Crippen LogP contribution in [0, 0.1) is 0 Å². The molecule has 0 heterocycles. The molecule has 0 unspecified atom stereocenters. The summed E-state index contributed by atoms with van der Waals surface area (Å²) in [5.74, 6) is 0.0165. The number of rotatable bonds is 3. The van der Waals surface area contributed by atoms with Gasteiger partial charge in [0.05, 0.1) is 5.02 Å². The van der Waals surface area contributed by atoms with Crippen LogP contribution in [0.4, 0.5) is 0 Å². The minimum absolute atomic E-state index is 0.394. The summed E-state index contributed by atoms with van der Waals surface area (Å²) in [5.41, 5.74) is 2.74. The van der Waals surface area contributed by atoms with Gasteiger partial charge < -0.3 is 4.74 Å². The summed E-state index contributed by atoms with van der Waals surface area (Å²) in [6.45, 7) is 1.40. The monoisotopic (exact) mass is 438 g/mol. The zero-order valence-corrected chi connectivity index (χ0v) is 17.0. The van der Waals surface area contributed by atoms with Crippen LogP contribution in [0.15, 0.2) is 66.7 Å². The van der Waals surface area contributed by atoms with Crippen molar-refractivity contribution in [2.75, 3.05) is 0 Å². The van der Waals surface area contributed by atoms with Crippen LogP contribution in [0.3, 0.4) is 0 Å². The molecule has 0 atom stereocenters. The molecule has 0 aliphatic heterocycles. The Bertz CT molecular complexity index is 1180. The molecule has 0 spiro atoms. The summed E-state index contributed by atoms with van der Waals surface area (Å²) in [5, 5.41) is 5.27. The van der Waals surface area contributed by atoms with E-state index in [4.69, 9.17) is 16.3 Å². The van der Waals surface area contributed by atoms with Crippen LogP contribution in [-0.2, 0) is 10.1 Å². The second-order valence-electron chi connectivity index (χ2n) is 6.30. The maximum atomic E-state index is 11.9. The average molecular weight is 440 g/mol. The van der Waals surface area contributed by atoms with Crippen molar-refractivity contribution >= 4 is 55.0 Å². The minimum atomic E-state index is -0.394. The Labute approximate surface area is 170 Å². The van der Waals surface area contributed by atoms with Gasteiger partial charge in [-0.15, -0.1) is 0 Å². The fraction of sp³-hybridized carbons (Fsp3) is 0.0870. The van der Waals surface area contributed by atoms with Crippen LogP contribution in [0.1, 0.15) is 12.5 Å². The fourth-order valence-electron chi connectivity index (χ4n) is 3.53. The number of esters is 1. The summed E-state index contributed by atoms with van der Waals surface area (Å²) in [7, 11) is 0. The van der Waals surface area contributed by atoms with Gasteiger partial charge in [0.2, 0.25) is 0 Å². The molecular weight excluding hydrogens is 424 g/mol. The van der Waals surface area contributed by atoms with E-state index in [1.54, 1.807) is 0 Å². The van der Waals surface area contributed by atoms with Crippen molar-refractivity contribution in [3.63, 3.8) is 0 Å². The Hall–Kier alpha value is -2.36. The second-order valence-corrected chi connectivity index (χ2v) is 7.23. The van der Waals surface area contributed by atoms with E-state index >= 15 is 0 Å². The first kappa shape index (κ1) is 18.0. The van der Waals surface area contributed by atoms with Crippen molar-refractivity contribution < 1.29 is 9.53 Å². The predicted octanol–water partition coefficient (Wildman–Crippen LogP) is 7.13. The topological polar surface area (TPSA) is 26.3 Å². The molecule has 4 rings (SSSR count). The summed E-state index contributed by atoms with van der Waals surface area (Å²) >= 11 is 10.3. The van der Waals surface area contributed by atoms with Gasteiger partial charge in [0, 0.05) is 17.8 Å². The standard InChI is InChI=1S/C23H16BrClO2/c1-14(26)27-23-21(18-12-6-8-15-7-2-3-9-16(15)18)19-11-5-4-10-17(19)20(13-24)22(23)25/h2-12H,13H2,1H3. The van der Waals surface area contributed by atoms with Gasteiger partial charge in [0.25, 0.3) is 0 Å². The molecule has 0 bridgehead atoms. The number of carbonyl (C=O) groups is 1. The van der Waals surface area contributed by atoms with Crippen LogP contribution in [-0.4, -0.2) is 5.97 Å². The van der Waals surface area contributed by atoms with Crippen LogP contribution >= 0.6 is 27.5 Å². The molecule has 134 valence electrons. The number of alkyl halides is 1. The van der Waals surface area contributed by atoms with E-state index in [0.717, 1.165) is 38.2 Å². The quantitative estimate of drug-likeness (QED) is 0.193. The summed E-state index contributed by atoms with van der Waals surface area (Å²) in [4.78, 5) is 11.9. The largest absolute Gasteiger partial charge is 0.424 e. The maximum Gasteiger partial charge on any atom is 0.308 e. The highest BCUT2D eigenvalue weighted by Crippen LogP contribution is 2.47. The van der Waals surface area contributed by atoms with Crippen molar-refractivity contribution in [3.05, 3.63) is 77.3 Å². The maximum absolute atomic E-state index is 11.9. The van der Waals surface area contributed by atoms with Crippen molar-refractivity contribution in [2.45, 2.75) is 12.3 Å². The smallest absolute Gasteiger partial charge is 0.308 e. The molecule has 0 saturated heterocycles. The Morgan fingerprint density at radius 2 is 1.56 bits per heavy atom. The lowest BCUT2D eigenvalue weighted by Crippen LogP contribution is -2.05. The van der Waals surface area contributed by atoms with Gasteiger partial charge in [-0.25, -0.2) is 0 Å². The lowest BCUT2D eigenvalue weighted by Gasteiger charge is -2.19. The van der Waals surface area contributed by atoms with Crippen molar-refractivity contribution in [1.29, 1.82) is 0 Å². The lowest BCUT2D eigenvalue weighted by molar-refractivity contribution is -0.131.